The molecule has 2 nitrogen and oxygen atoms in total. The summed E-state index contributed by atoms with van der Waals surface area (Å²) in [6.07, 6.45) is 1.01. The Morgan fingerprint density at radius 3 is 2.42 bits per heavy atom. The van der Waals surface area contributed by atoms with Crippen molar-refractivity contribution in [2.75, 3.05) is 19.0 Å². The standard InChI is InChI=1S/C17H21NO/c1-13-5-4-6-17(14(13)2)18-12-11-15-7-9-16(19-3)10-8-15/h4-10,18H,11-12H2,1-3H3. The summed E-state index contributed by atoms with van der Waals surface area (Å²) >= 11 is 0. The average Bonchev–Trinajstić information content (AvgIpc) is 2.44. The Kier molecular flexibility index (Phi) is 4.45. The van der Waals surface area contributed by atoms with Gasteiger partial charge < -0.3 is 10.1 Å². The van der Waals surface area contributed by atoms with E-state index in [0.717, 1.165) is 18.7 Å². The van der Waals surface area contributed by atoms with Gasteiger partial charge >= 0.3 is 0 Å². The van der Waals surface area contributed by atoms with Gasteiger partial charge in [0.15, 0.2) is 0 Å². The first-order valence-electron chi connectivity index (χ1n) is 6.63. The molecule has 19 heavy (non-hydrogen) atoms. The van der Waals surface area contributed by atoms with Crippen molar-refractivity contribution in [3.8, 4) is 5.75 Å². The van der Waals surface area contributed by atoms with Crippen molar-refractivity contribution in [1.29, 1.82) is 0 Å². The van der Waals surface area contributed by atoms with Gasteiger partial charge in [-0.25, -0.2) is 0 Å². The normalized spacial score (nSPS) is 10.3. The predicted octanol–water partition coefficient (Wildman–Crippen LogP) is 3.97. The second-order valence-corrected chi connectivity index (χ2v) is 4.77. The van der Waals surface area contributed by atoms with Crippen LogP contribution in [0.3, 0.4) is 0 Å². The molecular weight excluding hydrogens is 234 g/mol. The molecule has 0 fully saturated rings. The maximum Gasteiger partial charge on any atom is 0.118 e. The molecule has 0 saturated heterocycles. The van der Waals surface area contributed by atoms with E-state index in [9.17, 15) is 0 Å². The van der Waals surface area contributed by atoms with Crippen molar-refractivity contribution in [2.45, 2.75) is 20.3 Å². The van der Waals surface area contributed by atoms with Crippen LogP contribution >= 0.6 is 0 Å². The molecule has 2 heteroatoms. The van der Waals surface area contributed by atoms with E-state index in [1.54, 1.807) is 7.11 Å². The summed E-state index contributed by atoms with van der Waals surface area (Å²) in [5.74, 6) is 0.909. The van der Waals surface area contributed by atoms with Crippen molar-refractivity contribution in [2.24, 2.45) is 0 Å². The Hall–Kier alpha value is -1.96. The van der Waals surface area contributed by atoms with Crippen LogP contribution in [0.15, 0.2) is 42.5 Å². The maximum atomic E-state index is 5.16. The van der Waals surface area contributed by atoms with E-state index in [-0.39, 0.29) is 0 Å². The van der Waals surface area contributed by atoms with E-state index in [0.29, 0.717) is 0 Å². The molecule has 100 valence electrons. The molecular formula is C17H21NO. The summed E-state index contributed by atoms with van der Waals surface area (Å²) in [7, 11) is 1.69. The van der Waals surface area contributed by atoms with Gasteiger partial charge in [-0.05, 0) is 55.2 Å². The molecule has 0 saturated carbocycles. The summed E-state index contributed by atoms with van der Waals surface area (Å²) in [5, 5.41) is 3.50. The molecule has 1 N–H and O–H groups in total. The van der Waals surface area contributed by atoms with Gasteiger partial charge in [0.25, 0.3) is 0 Å². The highest BCUT2D eigenvalue weighted by atomic mass is 16.5. The van der Waals surface area contributed by atoms with E-state index in [1.165, 1.54) is 22.4 Å². The minimum absolute atomic E-state index is 0.909. The molecule has 0 aliphatic heterocycles. The highest BCUT2D eigenvalue weighted by Crippen LogP contribution is 2.18. The molecule has 0 radical (unpaired) electrons. The molecule has 2 aromatic rings. The summed E-state index contributed by atoms with van der Waals surface area (Å²) in [4.78, 5) is 0. The van der Waals surface area contributed by atoms with Gasteiger partial charge in [-0.1, -0.05) is 24.3 Å². The fraction of sp³-hybridized carbons (Fsp3) is 0.294. The molecule has 0 aromatic heterocycles. The quantitative estimate of drug-likeness (QED) is 0.873. The van der Waals surface area contributed by atoms with Gasteiger partial charge in [0.1, 0.15) is 5.75 Å². The number of nitrogens with one attached hydrogen (secondary N) is 1. The molecule has 0 spiro atoms. The fourth-order valence-electron chi connectivity index (χ4n) is 2.08. The lowest BCUT2D eigenvalue weighted by Crippen LogP contribution is -2.06. The number of ether oxygens (including phenoxy) is 1. The smallest absolute Gasteiger partial charge is 0.118 e. The Balaban J connectivity index is 1.90. The van der Waals surface area contributed by atoms with Crippen LogP contribution in [0.1, 0.15) is 16.7 Å². The third-order valence-electron chi connectivity index (χ3n) is 3.49. The number of aryl methyl sites for hydroxylation is 1. The summed E-state index contributed by atoms with van der Waals surface area (Å²) in [5.41, 5.74) is 5.21. The zero-order valence-electron chi connectivity index (χ0n) is 11.9. The molecule has 0 amide bonds. The van der Waals surface area contributed by atoms with Crippen molar-refractivity contribution in [3.05, 3.63) is 59.2 Å². The van der Waals surface area contributed by atoms with Crippen LogP contribution in [0, 0.1) is 13.8 Å². The first-order chi connectivity index (χ1) is 9.20. The Morgan fingerprint density at radius 1 is 1.00 bits per heavy atom. The number of hydrogen-bond acceptors (Lipinski definition) is 2. The zero-order valence-corrected chi connectivity index (χ0v) is 11.9. The van der Waals surface area contributed by atoms with E-state index in [4.69, 9.17) is 4.74 Å². The van der Waals surface area contributed by atoms with Gasteiger partial charge in [0.2, 0.25) is 0 Å². The Labute approximate surface area is 115 Å². The monoisotopic (exact) mass is 255 g/mol. The molecule has 0 aliphatic rings. The molecule has 0 bridgehead atoms. The minimum Gasteiger partial charge on any atom is -0.497 e. The fourth-order valence-corrected chi connectivity index (χ4v) is 2.08. The number of anilines is 1. The third kappa shape index (κ3) is 3.50. The number of methoxy groups -OCH3 is 1. The van der Waals surface area contributed by atoms with Crippen LogP contribution in [0.5, 0.6) is 5.75 Å². The maximum absolute atomic E-state index is 5.16. The van der Waals surface area contributed by atoms with Crippen molar-refractivity contribution >= 4 is 5.69 Å². The van der Waals surface area contributed by atoms with E-state index < -0.39 is 0 Å². The zero-order chi connectivity index (χ0) is 13.7. The lowest BCUT2D eigenvalue weighted by Gasteiger charge is -2.11. The summed E-state index contributed by atoms with van der Waals surface area (Å²) in [6.45, 7) is 5.24. The van der Waals surface area contributed by atoms with Crippen LogP contribution < -0.4 is 10.1 Å². The summed E-state index contributed by atoms with van der Waals surface area (Å²) in [6, 6.07) is 14.6. The molecule has 0 unspecified atom stereocenters. The topological polar surface area (TPSA) is 21.3 Å². The molecule has 2 aromatic carbocycles. The van der Waals surface area contributed by atoms with Crippen molar-refractivity contribution in [3.63, 3.8) is 0 Å². The van der Waals surface area contributed by atoms with Crippen molar-refractivity contribution < 1.29 is 4.74 Å². The predicted molar refractivity (Wildman–Crippen MR) is 81.1 cm³/mol. The lowest BCUT2D eigenvalue weighted by atomic mass is 10.1. The SMILES string of the molecule is COc1ccc(CCNc2cccc(C)c2C)cc1. The van der Waals surface area contributed by atoms with Gasteiger partial charge in [0, 0.05) is 12.2 Å². The molecule has 0 heterocycles. The van der Waals surface area contributed by atoms with Gasteiger partial charge in [0.05, 0.1) is 7.11 Å². The highest BCUT2D eigenvalue weighted by Gasteiger charge is 2.00. The Bertz CT molecular complexity index is 531. The average molecular weight is 255 g/mol. The Morgan fingerprint density at radius 2 is 1.74 bits per heavy atom. The molecule has 0 atom stereocenters. The van der Waals surface area contributed by atoms with Crippen LogP contribution in [0.2, 0.25) is 0 Å². The summed E-state index contributed by atoms with van der Waals surface area (Å²) < 4.78 is 5.16. The van der Waals surface area contributed by atoms with E-state index in [1.807, 2.05) is 12.1 Å². The highest BCUT2D eigenvalue weighted by molar-refractivity contribution is 5.53. The van der Waals surface area contributed by atoms with Crippen molar-refractivity contribution in [1.82, 2.24) is 0 Å². The van der Waals surface area contributed by atoms with Gasteiger partial charge in [-0.2, -0.15) is 0 Å². The van der Waals surface area contributed by atoms with Crippen LogP contribution in [0.4, 0.5) is 5.69 Å². The van der Waals surface area contributed by atoms with Gasteiger partial charge in [-0.3, -0.25) is 0 Å². The molecule has 0 aliphatic carbocycles. The second-order valence-electron chi connectivity index (χ2n) is 4.77. The van der Waals surface area contributed by atoms with E-state index >= 15 is 0 Å². The third-order valence-corrected chi connectivity index (χ3v) is 3.49. The molecule has 2 rings (SSSR count). The first-order valence-corrected chi connectivity index (χ1v) is 6.63. The second kappa shape index (κ2) is 6.28. The largest absolute Gasteiger partial charge is 0.497 e. The van der Waals surface area contributed by atoms with Crippen LogP contribution in [-0.2, 0) is 6.42 Å². The van der Waals surface area contributed by atoms with Crippen LogP contribution in [0.25, 0.3) is 0 Å². The van der Waals surface area contributed by atoms with Gasteiger partial charge in [-0.15, -0.1) is 0 Å². The van der Waals surface area contributed by atoms with Crippen LogP contribution in [-0.4, -0.2) is 13.7 Å². The number of rotatable bonds is 5. The van der Waals surface area contributed by atoms with E-state index in [2.05, 4.69) is 49.5 Å². The minimum atomic E-state index is 0.909. The lowest BCUT2D eigenvalue weighted by molar-refractivity contribution is 0.414. The first kappa shape index (κ1) is 13.5. The number of benzene rings is 2. The number of hydrogen-bond donors (Lipinski definition) is 1.